The number of rotatable bonds is 2. The minimum Gasteiger partial charge on any atom is -0.460 e. The van der Waals surface area contributed by atoms with E-state index in [1.54, 1.807) is 24.3 Å². The Morgan fingerprint density at radius 3 is 2.54 bits per heavy atom. The molecule has 0 amide bonds. The Morgan fingerprint density at radius 1 is 1.14 bits per heavy atom. The van der Waals surface area contributed by atoms with Gasteiger partial charge < -0.3 is 14.9 Å². The van der Waals surface area contributed by atoms with Crippen molar-refractivity contribution in [2.24, 2.45) is 5.73 Å². The van der Waals surface area contributed by atoms with Crippen LogP contribution in [0.1, 0.15) is 30.9 Å². The Kier molecular flexibility index (Phi) is 4.88. The highest BCUT2D eigenvalue weighted by atomic mass is 35.5. The van der Waals surface area contributed by atoms with Gasteiger partial charge >= 0.3 is 0 Å². The van der Waals surface area contributed by atoms with Gasteiger partial charge in [-0.05, 0) is 30.7 Å². The average Bonchev–Trinajstić information content (AvgIpc) is 3.09. The average molecular weight is 436 g/mol. The van der Waals surface area contributed by atoms with Crippen LogP contribution in [0.25, 0.3) is 11.3 Å². The molecule has 1 aromatic carbocycles. The maximum absolute atomic E-state index is 12.6. The summed E-state index contributed by atoms with van der Waals surface area (Å²) in [6.07, 6.45) is 1.65. The summed E-state index contributed by atoms with van der Waals surface area (Å²) in [5.41, 5.74) is 6.99. The number of ketones is 1. The molecule has 28 heavy (non-hydrogen) atoms. The SMILES string of the molecule is N#CC1=C(N)OC2=C(C(=O)CCC2)C1c1ccc(-c2c(Cl)cc(Cl)cc2Cl)o1. The molecule has 142 valence electrons. The van der Waals surface area contributed by atoms with Crippen LogP contribution in [0.5, 0.6) is 0 Å². The quantitative estimate of drug-likeness (QED) is 0.651. The van der Waals surface area contributed by atoms with Crippen LogP contribution in [-0.2, 0) is 9.53 Å². The van der Waals surface area contributed by atoms with E-state index in [0.717, 1.165) is 0 Å². The molecule has 1 unspecified atom stereocenters. The predicted molar refractivity (Wildman–Crippen MR) is 106 cm³/mol. The third kappa shape index (κ3) is 3.08. The molecular weight excluding hydrogens is 423 g/mol. The van der Waals surface area contributed by atoms with Crippen LogP contribution < -0.4 is 5.73 Å². The molecule has 2 aliphatic rings. The first-order valence-electron chi connectivity index (χ1n) is 8.49. The summed E-state index contributed by atoms with van der Waals surface area (Å²) in [4.78, 5) is 12.6. The highest BCUT2D eigenvalue weighted by Gasteiger charge is 2.39. The number of nitrogens with zero attached hydrogens (tertiary/aromatic N) is 1. The molecule has 8 heteroatoms. The molecule has 0 bridgehead atoms. The number of halogens is 3. The van der Waals surface area contributed by atoms with E-state index >= 15 is 0 Å². The summed E-state index contributed by atoms with van der Waals surface area (Å²) in [7, 11) is 0. The van der Waals surface area contributed by atoms with Gasteiger partial charge in [0.05, 0.1) is 21.5 Å². The molecule has 1 aliphatic heterocycles. The van der Waals surface area contributed by atoms with E-state index in [1.807, 2.05) is 6.07 Å². The molecule has 0 radical (unpaired) electrons. The highest BCUT2D eigenvalue weighted by molar-refractivity contribution is 6.41. The molecule has 0 spiro atoms. The maximum Gasteiger partial charge on any atom is 0.205 e. The number of allylic oxidation sites excluding steroid dienone is 3. The fourth-order valence-corrected chi connectivity index (χ4v) is 4.56. The molecule has 1 aromatic heterocycles. The number of ether oxygens (including phenoxy) is 1. The van der Waals surface area contributed by atoms with Crippen molar-refractivity contribution in [3.05, 3.63) is 67.9 Å². The molecule has 2 N–H and O–H groups in total. The van der Waals surface area contributed by atoms with Crippen LogP contribution in [0.15, 0.2) is 51.5 Å². The topological polar surface area (TPSA) is 89.3 Å². The molecule has 1 aliphatic carbocycles. The van der Waals surface area contributed by atoms with Crippen molar-refractivity contribution in [1.29, 1.82) is 5.26 Å². The number of furan rings is 1. The maximum atomic E-state index is 12.6. The van der Waals surface area contributed by atoms with Gasteiger partial charge in [0.15, 0.2) is 5.78 Å². The van der Waals surface area contributed by atoms with Crippen molar-refractivity contribution < 1.29 is 13.9 Å². The fraction of sp³-hybridized carbons (Fsp3) is 0.200. The first-order valence-corrected chi connectivity index (χ1v) is 9.62. The molecule has 0 fully saturated rings. The summed E-state index contributed by atoms with van der Waals surface area (Å²) in [6.45, 7) is 0. The van der Waals surface area contributed by atoms with Crippen LogP contribution in [0.4, 0.5) is 0 Å². The number of hydrogen-bond donors (Lipinski definition) is 1. The normalized spacial score (nSPS) is 19.4. The first-order chi connectivity index (χ1) is 13.4. The Balaban J connectivity index is 1.85. The minimum absolute atomic E-state index is 0.0125. The minimum atomic E-state index is -0.722. The molecule has 1 atom stereocenters. The summed E-state index contributed by atoms with van der Waals surface area (Å²) in [5.74, 6) is 0.476. The Hall–Kier alpha value is -2.39. The van der Waals surface area contributed by atoms with Crippen LogP contribution in [0.2, 0.25) is 15.1 Å². The highest BCUT2D eigenvalue weighted by Crippen LogP contribution is 2.45. The van der Waals surface area contributed by atoms with Gasteiger partial charge in [-0.1, -0.05) is 34.8 Å². The summed E-state index contributed by atoms with van der Waals surface area (Å²) in [6, 6.07) is 8.54. The molecule has 2 heterocycles. The van der Waals surface area contributed by atoms with E-state index in [4.69, 9.17) is 49.7 Å². The van der Waals surface area contributed by atoms with Crippen LogP contribution in [0, 0.1) is 11.3 Å². The second-order valence-electron chi connectivity index (χ2n) is 6.48. The van der Waals surface area contributed by atoms with Crippen molar-refractivity contribution in [3.8, 4) is 17.4 Å². The smallest absolute Gasteiger partial charge is 0.205 e. The van der Waals surface area contributed by atoms with Crippen molar-refractivity contribution >= 4 is 40.6 Å². The van der Waals surface area contributed by atoms with E-state index in [0.29, 0.717) is 62.7 Å². The van der Waals surface area contributed by atoms with E-state index in [9.17, 15) is 10.1 Å². The lowest BCUT2D eigenvalue weighted by molar-refractivity contribution is -0.116. The molecule has 0 saturated heterocycles. The van der Waals surface area contributed by atoms with Gasteiger partial charge in [-0.3, -0.25) is 4.79 Å². The zero-order valence-corrected chi connectivity index (χ0v) is 16.7. The second-order valence-corrected chi connectivity index (χ2v) is 7.74. The third-order valence-electron chi connectivity index (χ3n) is 4.77. The van der Waals surface area contributed by atoms with E-state index in [-0.39, 0.29) is 17.2 Å². The molecule has 4 rings (SSSR count). The first kappa shape index (κ1) is 18.9. The van der Waals surface area contributed by atoms with Gasteiger partial charge in [0.1, 0.15) is 28.9 Å². The molecule has 2 aromatic rings. The van der Waals surface area contributed by atoms with Crippen molar-refractivity contribution in [2.75, 3.05) is 0 Å². The predicted octanol–water partition coefficient (Wildman–Crippen LogP) is 5.72. The van der Waals surface area contributed by atoms with E-state index in [1.165, 1.54) is 0 Å². The third-order valence-corrected chi connectivity index (χ3v) is 5.58. The number of hydrogen-bond acceptors (Lipinski definition) is 5. The van der Waals surface area contributed by atoms with Crippen molar-refractivity contribution in [2.45, 2.75) is 25.2 Å². The monoisotopic (exact) mass is 434 g/mol. The van der Waals surface area contributed by atoms with Crippen LogP contribution in [0.3, 0.4) is 0 Å². The molecular formula is C20H13Cl3N2O3. The zero-order chi connectivity index (χ0) is 20.0. The number of benzene rings is 1. The van der Waals surface area contributed by atoms with Gasteiger partial charge in [-0.25, -0.2) is 0 Å². The van der Waals surface area contributed by atoms with Gasteiger partial charge in [-0.15, -0.1) is 0 Å². The second kappa shape index (κ2) is 7.21. The number of carbonyl (C=O) groups is 1. The van der Waals surface area contributed by atoms with Crippen molar-refractivity contribution in [1.82, 2.24) is 0 Å². The van der Waals surface area contributed by atoms with Gasteiger partial charge in [0.2, 0.25) is 5.88 Å². The van der Waals surface area contributed by atoms with Crippen molar-refractivity contribution in [3.63, 3.8) is 0 Å². The number of nitrogens with two attached hydrogens (primary N) is 1. The van der Waals surface area contributed by atoms with Gasteiger partial charge in [0.25, 0.3) is 0 Å². The standard InChI is InChI=1S/C20H13Cl3N2O3/c21-9-6-11(22)18(12(23)7-9)16-5-4-15(27-16)17-10(8-24)20(25)28-14-3-1-2-13(26)19(14)17/h4-7,17H,1-3,25H2. The van der Waals surface area contributed by atoms with E-state index in [2.05, 4.69) is 0 Å². The lowest BCUT2D eigenvalue weighted by Crippen LogP contribution is -2.27. The zero-order valence-electron chi connectivity index (χ0n) is 14.4. The van der Waals surface area contributed by atoms with Crippen LogP contribution in [-0.4, -0.2) is 5.78 Å². The Morgan fingerprint density at radius 2 is 1.86 bits per heavy atom. The Bertz CT molecular complexity index is 1090. The number of carbonyl (C=O) groups excluding carboxylic acids is 1. The van der Waals surface area contributed by atoms with Gasteiger partial charge in [-0.2, -0.15) is 5.26 Å². The van der Waals surface area contributed by atoms with E-state index < -0.39 is 5.92 Å². The fourth-order valence-electron chi connectivity index (χ4n) is 3.56. The lowest BCUT2D eigenvalue weighted by atomic mass is 9.80. The molecule has 0 saturated carbocycles. The number of Topliss-reactive ketones (excluding diaryl/α,β-unsaturated/α-hetero) is 1. The lowest BCUT2D eigenvalue weighted by Gasteiger charge is -2.29. The van der Waals surface area contributed by atoms with Gasteiger partial charge in [0, 0.05) is 23.4 Å². The Labute approximate surface area is 175 Å². The summed E-state index contributed by atoms with van der Waals surface area (Å²) < 4.78 is 11.5. The largest absolute Gasteiger partial charge is 0.460 e. The number of nitriles is 1. The van der Waals surface area contributed by atoms with Crippen LogP contribution >= 0.6 is 34.8 Å². The summed E-state index contributed by atoms with van der Waals surface area (Å²) in [5, 5.41) is 10.7. The summed E-state index contributed by atoms with van der Waals surface area (Å²) >= 11 is 18.5. The molecule has 5 nitrogen and oxygen atoms in total.